The number of allylic oxidation sites excluding steroid dienone is 1. The number of thioether (sulfide) groups is 2. The molecule has 0 saturated carbocycles. The number of aliphatic imine (C=N–C) groups is 1. The molecule has 0 aliphatic carbocycles. The van der Waals surface area contributed by atoms with E-state index in [1.165, 1.54) is 53.9 Å². The second kappa shape index (κ2) is 38.6. The first kappa shape index (κ1) is 72.0. The topological polar surface area (TPSA) is 150 Å². The van der Waals surface area contributed by atoms with Gasteiger partial charge in [-0.15, -0.1) is 11.8 Å². The number of nitrogens with zero attached hydrogens (tertiary/aromatic N) is 5. The number of aromatic nitrogens is 2. The van der Waals surface area contributed by atoms with Crippen LogP contribution in [0.15, 0.2) is 137 Å². The Balaban J connectivity index is 0.637. The molecule has 7 rings (SSSR count). The van der Waals surface area contributed by atoms with Crippen LogP contribution in [0.4, 0.5) is 39.1 Å². The van der Waals surface area contributed by atoms with Gasteiger partial charge in [-0.25, -0.2) is 26.9 Å². The van der Waals surface area contributed by atoms with Crippen LogP contribution in [0.3, 0.4) is 0 Å². The summed E-state index contributed by atoms with van der Waals surface area (Å²) in [5.74, 6) is 0.210. The molecule has 1 N–H and O–H groups in total. The Hall–Kier alpha value is -7.39. The third-order valence-electron chi connectivity index (χ3n) is 14.0. The van der Waals surface area contributed by atoms with E-state index in [4.69, 9.17) is 52.1 Å². The average molecular weight is 1320 g/mol. The molecule has 92 heavy (non-hydrogen) atoms. The largest absolute Gasteiger partial charge is 0.493 e. The highest BCUT2D eigenvalue weighted by Gasteiger charge is 2.20. The van der Waals surface area contributed by atoms with Crippen LogP contribution in [0, 0.1) is 29.1 Å². The summed E-state index contributed by atoms with van der Waals surface area (Å²) in [5.41, 5.74) is 4.68. The molecule has 0 fully saturated rings. The molecule has 0 spiro atoms. The summed E-state index contributed by atoms with van der Waals surface area (Å²) in [6.07, 6.45) is 3.37. The Morgan fingerprint density at radius 2 is 0.967 bits per heavy atom. The maximum atomic E-state index is 15.5. The average Bonchev–Trinajstić information content (AvgIpc) is 1.56. The van der Waals surface area contributed by atoms with Crippen molar-refractivity contribution in [3.8, 4) is 50.9 Å². The van der Waals surface area contributed by atoms with E-state index >= 15 is 17.6 Å². The summed E-state index contributed by atoms with van der Waals surface area (Å²) in [4.78, 5) is 12.8. The maximum Gasteiger partial charge on any atom is 0.174 e. The van der Waals surface area contributed by atoms with Crippen molar-refractivity contribution >= 4 is 45.8 Å². The van der Waals surface area contributed by atoms with Crippen LogP contribution >= 0.6 is 23.5 Å². The number of anilines is 3. The first-order valence-electron chi connectivity index (χ1n) is 29.8. The van der Waals surface area contributed by atoms with Gasteiger partial charge in [-0.3, -0.25) is 9.56 Å². The predicted molar refractivity (Wildman–Crippen MR) is 353 cm³/mol. The Bertz CT molecular complexity index is 3410. The normalized spacial score (nSPS) is 11.8. The van der Waals surface area contributed by atoms with Gasteiger partial charge in [0.2, 0.25) is 0 Å². The van der Waals surface area contributed by atoms with Crippen LogP contribution in [0.2, 0.25) is 0 Å². The number of halogens is 5. The minimum absolute atomic E-state index is 0.0172. The monoisotopic (exact) mass is 1320 g/mol. The molecule has 0 amide bonds. The lowest BCUT2D eigenvalue weighted by Gasteiger charge is -2.21. The van der Waals surface area contributed by atoms with Gasteiger partial charge in [0.1, 0.15) is 59.6 Å². The molecule has 24 heteroatoms. The van der Waals surface area contributed by atoms with E-state index in [1.807, 2.05) is 60.6 Å². The molecule has 17 nitrogen and oxygen atoms in total. The number of benzene rings is 6. The molecule has 0 aliphatic heterocycles. The number of nitrogens with one attached hydrogen (secondary N) is 1. The molecule has 1 aromatic heterocycles. The Kier molecular flexibility index (Phi) is 30.2. The van der Waals surface area contributed by atoms with Crippen molar-refractivity contribution in [2.45, 2.75) is 30.5 Å². The van der Waals surface area contributed by atoms with E-state index in [2.05, 4.69) is 15.3 Å². The van der Waals surface area contributed by atoms with E-state index in [9.17, 15) is 4.39 Å². The summed E-state index contributed by atoms with van der Waals surface area (Å²) < 4.78 is 139. The van der Waals surface area contributed by atoms with Crippen LogP contribution in [-0.4, -0.2) is 163 Å². The van der Waals surface area contributed by atoms with Crippen LogP contribution in [-0.2, 0) is 44.7 Å². The van der Waals surface area contributed by atoms with Crippen LogP contribution < -0.4 is 34.1 Å². The van der Waals surface area contributed by atoms with Crippen molar-refractivity contribution in [3.63, 3.8) is 0 Å². The van der Waals surface area contributed by atoms with Crippen LogP contribution in [0.1, 0.15) is 25.0 Å². The third-order valence-corrected chi connectivity index (χ3v) is 16.0. The van der Waals surface area contributed by atoms with Crippen molar-refractivity contribution in [2.75, 3.05) is 163 Å². The highest BCUT2D eigenvalue weighted by Crippen LogP contribution is 2.36. The van der Waals surface area contributed by atoms with Crippen LogP contribution in [0.25, 0.3) is 27.9 Å². The maximum absolute atomic E-state index is 15.5. The van der Waals surface area contributed by atoms with E-state index in [-0.39, 0.29) is 22.6 Å². The fourth-order valence-electron chi connectivity index (χ4n) is 8.85. The zero-order chi connectivity index (χ0) is 65.6. The molecule has 0 atom stereocenters. The number of rotatable bonds is 41. The Morgan fingerprint density at radius 3 is 1.40 bits per heavy atom. The lowest BCUT2D eigenvalue weighted by molar-refractivity contribution is -0.0218. The summed E-state index contributed by atoms with van der Waals surface area (Å²) in [5, 5.41) is 3.99. The predicted octanol–water partition coefficient (Wildman–Crippen LogP) is 13.5. The summed E-state index contributed by atoms with van der Waals surface area (Å²) >= 11 is 2.43. The van der Waals surface area contributed by atoms with Gasteiger partial charge in [0.05, 0.1) is 129 Å². The van der Waals surface area contributed by atoms with Crippen LogP contribution in [0.5, 0.6) is 23.0 Å². The molecule has 6 aromatic carbocycles. The van der Waals surface area contributed by atoms with Gasteiger partial charge >= 0.3 is 0 Å². The first-order valence-corrected chi connectivity index (χ1v) is 31.8. The molecule has 496 valence electrons. The molecule has 0 saturated heterocycles. The van der Waals surface area contributed by atoms with Gasteiger partial charge in [-0.1, -0.05) is 36.0 Å². The van der Waals surface area contributed by atoms with Gasteiger partial charge in [0.15, 0.2) is 16.7 Å². The molecule has 7 aromatic rings. The van der Waals surface area contributed by atoms with Crippen molar-refractivity contribution in [1.29, 1.82) is 0 Å². The van der Waals surface area contributed by atoms with E-state index < -0.39 is 29.1 Å². The number of imidazole rings is 1. The van der Waals surface area contributed by atoms with Gasteiger partial charge in [0.25, 0.3) is 0 Å². The third kappa shape index (κ3) is 22.4. The molecule has 1 heterocycles. The molecule has 0 aliphatic rings. The molecule has 0 radical (unpaired) electrons. The lowest BCUT2D eigenvalue weighted by Crippen LogP contribution is -2.15. The smallest absolute Gasteiger partial charge is 0.174 e. The van der Waals surface area contributed by atoms with Gasteiger partial charge < -0.3 is 67.2 Å². The fraction of sp³-hybridized carbons (Fsp3) is 0.382. The van der Waals surface area contributed by atoms with Gasteiger partial charge in [-0.2, -0.15) is 0 Å². The van der Waals surface area contributed by atoms with E-state index in [1.54, 1.807) is 101 Å². The molecular formula is C68H81F5N6O11S2. The second-order valence-electron chi connectivity index (χ2n) is 20.5. The highest BCUT2D eigenvalue weighted by molar-refractivity contribution is 8.13. The lowest BCUT2D eigenvalue weighted by atomic mass is 10.0. The number of methoxy groups -OCH3 is 2. The number of ether oxygens (including phenoxy) is 11. The Labute approximate surface area is 544 Å². The minimum Gasteiger partial charge on any atom is -0.493 e. The SMILES string of the molecule is CNc1cc(-n2c(N(C)C)cnc2SCc2c(F)cc(-c3ccc(OCCOCCOCCOCCOCCOCCOCCOCCOc4ccc(-c5cc(F)c(CSC(C)=N/C=C(\C)N(C)c6ccc(OC)c(OC)c6)c(F)c5)cc4)cc3)cc2F)ccc1F. The van der Waals surface area contributed by atoms with Crippen molar-refractivity contribution < 1.29 is 74.1 Å². The van der Waals surface area contributed by atoms with Crippen molar-refractivity contribution in [2.24, 2.45) is 4.99 Å². The summed E-state index contributed by atoms with van der Waals surface area (Å²) in [7, 11) is 10.4. The van der Waals surface area contributed by atoms with E-state index in [0.717, 1.165) is 17.2 Å². The standard InChI is InChI=1S/C68H81F5N6O11S2/c1-47(78(6)53-14-20-65(80-7)66(42-53)81-8)43-75-48(2)91-45-57-60(70)37-51(38-61(57)71)49-9-15-55(16-10-49)89-35-33-87-31-29-85-27-25-83-23-21-82-22-24-84-26-28-86-30-32-88-34-36-90-56-17-11-50(12-18-56)52-39-62(72)58(63(73)40-52)46-92-68-76-44-67(77(4)5)79(68)54-13-19-59(69)64(41-54)74-3/h9-20,37-44,74H,21-36,45-46H2,1-8H3/b47-43+,75-48?. The fourth-order valence-corrected chi connectivity index (χ4v) is 10.6. The van der Waals surface area contributed by atoms with Crippen molar-refractivity contribution in [1.82, 2.24) is 9.55 Å². The molecule has 0 unspecified atom stereocenters. The Morgan fingerprint density at radius 1 is 0.522 bits per heavy atom. The van der Waals surface area contributed by atoms with E-state index in [0.29, 0.717) is 173 Å². The second-order valence-corrected chi connectivity index (χ2v) is 22.6. The molecule has 0 bridgehead atoms. The van der Waals surface area contributed by atoms with Gasteiger partial charge in [-0.05, 0) is 115 Å². The number of hydrogen-bond donors (Lipinski definition) is 1. The summed E-state index contributed by atoms with van der Waals surface area (Å²) in [6.45, 7) is 9.96. The van der Waals surface area contributed by atoms with Crippen molar-refractivity contribution in [3.05, 3.63) is 168 Å². The zero-order valence-corrected chi connectivity index (χ0v) is 54.8. The quantitative estimate of drug-likeness (QED) is 0.0127. The molecular weight excluding hydrogens is 1240 g/mol. The van der Waals surface area contributed by atoms with Gasteiger partial charge in [0, 0.05) is 74.5 Å². The first-order chi connectivity index (χ1) is 44.7. The number of hydrogen-bond acceptors (Lipinski definition) is 18. The zero-order valence-electron chi connectivity index (χ0n) is 53.2. The summed E-state index contributed by atoms with van der Waals surface area (Å²) in [6, 6.07) is 29.5. The minimum atomic E-state index is -0.675. The highest BCUT2D eigenvalue weighted by atomic mass is 32.2.